The minimum absolute atomic E-state index is 0.0505. The zero-order valence-corrected chi connectivity index (χ0v) is 26.5. The van der Waals surface area contributed by atoms with Gasteiger partial charge in [0.15, 0.2) is 0 Å². The van der Waals surface area contributed by atoms with Gasteiger partial charge in [0.1, 0.15) is 5.78 Å². The Hall–Kier alpha value is -4.50. The fourth-order valence-corrected chi connectivity index (χ4v) is 6.25. The standard InChI is InChI=1S/C36H43N5O4/c1-5-34(43)41-16-10-29(11-17-41)39-33-20-28(27-8-6-26(7-9-27)22-40-14-12-30(42)13-15-40)19-31(25(33)4)35(44)37-21-32-23(2)18-24(3)38-36(32)45/h5-9,18-20,29,39H,1,10-17,21-22H2,2-4H3,(H,37,44)(H,38,45). The first kappa shape index (κ1) is 31.9. The molecule has 2 aromatic carbocycles. The van der Waals surface area contributed by atoms with Crippen LogP contribution in [0.2, 0.25) is 0 Å². The summed E-state index contributed by atoms with van der Waals surface area (Å²) < 4.78 is 0. The van der Waals surface area contributed by atoms with Crippen LogP contribution < -0.4 is 16.2 Å². The number of hydrogen-bond acceptors (Lipinski definition) is 6. The maximum absolute atomic E-state index is 13.7. The Bertz CT molecular complexity index is 1640. The number of aryl methyl sites for hydroxylation is 2. The van der Waals surface area contributed by atoms with Crippen molar-refractivity contribution in [2.75, 3.05) is 31.5 Å². The average molecular weight is 610 g/mol. The number of rotatable bonds is 9. The fraction of sp³-hybridized carbons (Fsp3) is 0.389. The molecule has 0 atom stereocenters. The van der Waals surface area contributed by atoms with Crippen molar-refractivity contribution >= 4 is 23.3 Å². The van der Waals surface area contributed by atoms with Crippen LogP contribution in [0, 0.1) is 20.8 Å². The Morgan fingerprint density at radius 1 is 0.956 bits per heavy atom. The van der Waals surface area contributed by atoms with E-state index < -0.39 is 0 Å². The van der Waals surface area contributed by atoms with Gasteiger partial charge in [0.25, 0.3) is 11.5 Å². The lowest BCUT2D eigenvalue weighted by molar-refractivity contribution is -0.127. The highest BCUT2D eigenvalue weighted by Crippen LogP contribution is 2.31. The third-order valence-corrected chi connectivity index (χ3v) is 9.02. The van der Waals surface area contributed by atoms with Crippen LogP contribution >= 0.6 is 0 Å². The molecule has 5 rings (SSSR count). The number of Topliss-reactive ketones (excluding diaryl/α,β-unsaturated/α-hetero) is 1. The van der Waals surface area contributed by atoms with Crippen LogP contribution in [-0.4, -0.2) is 64.6 Å². The number of piperidine rings is 2. The summed E-state index contributed by atoms with van der Waals surface area (Å²) in [6.07, 6.45) is 4.16. The molecule has 9 nitrogen and oxygen atoms in total. The first-order valence-electron chi connectivity index (χ1n) is 15.7. The molecule has 0 radical (unpaired) electrons. The molecule has 2 amide bonds. The van der Waals surface area contributed by atoms with Gasteiger partial charge in [-0.1, -0.05) is 30.8 Å². The summed E-state index contributed by atoms with van der Waals surface area (Å²) in [5, 5.41) is 6.65. The number of H-pyrrole nitrogens is 1. The molecule has 45 heavy (non-hydrogen) atoms. The summed E-state index contributed by atoms with van der Waals surface area (Å²) in [5.41, 5.74) is 7.27. The number of likely N-dealkylation sites (tertiary alicyclic amines) is 2. The normalized spacial score (nSPS) is 16.0. The van der Waals surface area contributed by atoms with Crippen molar-refractivity contribution in [3.05, 3.63) is 99.0 Å². The smallest absolute Gasteiger partial charge is 0.253 e. The van der Waals surface area contributed by atoms with E-state index in [0.717, 1.165) is 66.1 Å². The Morgan fingerprint density at radius 3 is 2.29 bits per heavy atom. The molecule has 2 fully saturated rings. The second-order valence-electron chi connectivity index (χ2n) is 12.3. The number of ketones is 1. The summed E-state index contributed by atoms with van der Waals surface area (Å²) in [4.78, 5) is 56.9. The van der Waals surface area contributed by atoms with Crippen molar-refractivity contribution in [1.82, 2.24) is 20.1 Å². The largest absolute Gasteiger partial charge is 0.382 e. The van der Waals surface area contributed by atoms with Crippen molar-refractivity contribution in [3.63, 3.8) is 0 Å². The molecule has 2 saturated heterocycles. The fourth-order valence-electron chi connectivity index (χ4n) is 6.25. The SMILES string of the molecule is C=CC(=O)N1CCC(Nc2cc(-c3ccc(CN4CCC(=O)CC4)cc3)cc(C(=O)NCc3c(C)cc(C)[nH]c3=O)c2C)CC1. The van der Waals surface area contributed by atoms with Crippen molar-refractivity contribution in [1.29, 1.82) is 0 Å². The lowest BCUT2D eigenvalue weighted by Crippen LogP contribution is -2.41. The molecule has 3 heterocycles. The molecule has 2 aliphatic rings. The maximum atomic E-state index is 13.7. The lowest BCUT2D eigenvalue weighted by atomic mass is 9.95. The molecule has 3 aromatic rings. The van der Waals surface area contributed by atoms with E-state index in [-0.39, 0.29) is 30.0 Å². The summed E-state index contributed by atoms with van der Waals surface area (Å²) in [6.45, 7) is 13.1. The highest BCUT2D eigenvalue weighted by atomic mass is 16.2. The minimum Gasteiger partial charge on any atom is -0.382 e. The maximum Gasteiger partial charge on any atom is 0.253 e. The van der Waals surface area contributed by atoms with Gasteiger partial charge in [0, 0.05) is 80.7 Å². The van der Waals surface area contributed by atoms with E-state index in [1.807, 2.05) is 37.8 Å². The van der Waals surface area contributed by atoms with E-state index in [9.17, 15) is 19.2 Å². The van der Waals surface area contributed by atoms with Crippen molar-refractivity contribution in [2.24, 2.45) is 0 Å². The summed E-state index contributed by atoms with van der Waals surface area (Å²) in [6, 6.07) is 14.4. The molecule has 1 aromatic heterocycles. The molecule has 0 unspecified atom stereocenters. The monoisotopic (exact) mass is 609 g/mol. The third kappa shape index (κ3) is 7.78. The topological polar surface area (TPSA) is 115 Å². The Morgan fingerprint density at radius 2 is 1.64 bits per heavy atom. The number of carbonyl (C=O) groups is 3. The van der Waals surface area contributed by atoms with E-state index in [0.29, 0.717) is 42.8 Å². The Kier molecular flexibility index (Phi) is 9.98. The van der Waals surface area contributed by atoms with Crippen molar-refractivity contribution in [3.8, 4) is 11.1 Å². The van der Waals surface area contributed by atoms with Crippen LogP contribution in [0.5, 0.6) is 0 Å². The Balaban J connectivity index is 1.39. The van der Waals surface area contributed by atoms with Gasteiger partial charge in [-0.15, -0.1) is 0 Å². The molecule has 0 aliphatic carbocycles. The molecular formula is C36H43N5O4. The zero-order chi connectivity index (χ0) is 32.1. The van der Waals surface area contributed by atoms with Crippen LogP contribution in [0.15, 0.2) is 59.9 Å². The number of anilines is 1. The van der Waals surface area contributed by atoms with Gasteiger partial charge in [-0.05, 0) is 85.7 Å². The molecule has 0 spiro atoms. The van der Waals surface area contributed by atoms with Crippen LogP contribution in [0.4, 0.5) is 5.69 Å². The number of nitrogens with zero attached hydrogens (tertiary/aromatic N) is 2. The first-order chi connectivity index (χ1) is 21.6. The molecule has 9 heteroatoms. The van der Waals surface area contributed by atoms with Crippen molar-refractivity contribution < 1.29 is 14.4 Å². The zero-order valence-electron chi connectivity index (χ0n) is 26.5. The summed E-state index contributed by atoms with van der Waals surface area (Å²) in [7, 11) is 0. The van der Waals surface area contributed by atoms with Crippen LogP contribution in [0.25, 0.3) is 11.1 Å². The number of pyridine rings is 1. The number of aromatic amines is 1. The predicted molar refractivity (Wildman–Crippen MR) is 177 cm³/mol. The van der Waals surface area contributed by atoms with Crippen LogP contribution in [0.3, 0.4) is 0 Å². The summed E-state index contributed by atoms with van der Waals surface area (Å²) >= 11 is 0. The number of carbonyl (C=O) groups excluding carboxylic acids is 3. The van der Waals surface area contributed by atoms with Gasteiger partial charge < -0.3 is 20.5 Å². The van der Waals surface area contributed by atoms with E-state index in [1.54, 1.807) is 0 Å². The van der Waals surface area contributed by atoms with Gasteiger partial charge in [-0.2, -0.15) is 0 Å². The average Bonchev–Trinajstić information content (AvgIpc) is 3.03. The first-order valence-corrected chi connectivity index (χ1v) is 15.7. The molecule has 0 bridgehead atoms. The highest BCUT2D eigenvalue weighted by Gasteiger charge is 2.23. The number of aromatic nitrogens is 1. The van der Waals surface area contributed by atoms with Gasteiger partial charge in [0.2, 0.25) is 5.91 Å². The highest BCUT2D eigenvalue weighted by molar-refractivity contribution is 5.98. The molecule has 236 valence electrons. The van der Waals surface area contributed by atoms with Crippen molar-refractivity contribution in [2.45, 2.75) is 65.6 Å². The molecule has 3 N–H and O–H groups in total. The second-order valence-corrected chi connectivity index (χ2v) is 12.3. The number of benzene rings is 2. The Labute approximate surface area is 264 Å². The van der Waals surface area contributed by atoms with Gasteiger partial charge in [-0.25, -0.2) is 0 Å². The second kappa shape index (κ2) is 14.1. The molecule has 0 saturated carbocycles. The van der Waals surface area contributed by atoms with Crippen LogP contribution in [0.1, 0.15) is 64.0 Å². The number of amides is 2. The molecule has 2 aliphatic heterocycles. The van der Waals surface area contributed by atoms with Gasteiger partial charge >= 0.3 is 0 Å². The van der Waals surface area contributed by atoms with Gasteiger partial charge in [-0.3, -0.25) is 24.1 Å². The predicted octanol–water partition coefficient (Wildman–Crippen LogP) is 4.65. The van der Waals surface area contributed by atoms with Gasteiger partial charge in [0.05, 0.1) is 0 Å². The molecular weight excluding hydrogens is 566 g/mol. The van der Waals surface area contributed by atoms with Crippen LogP contribution in [-0.2, 0) is 22.7 Å². The number of nitrogens with one attached hydrogen (secondary N) is 3. The van der Waals surface area contributed by atoms with E-state index in [2.05, 4.69) is 57.4 Å². The summed E-state index contributed by atoms with van der Waals surface area (Å²) in [5.74, 6) is 0.0340. The third-order valence-electron chi connectivity index (χ3n) is 9.02. The van der Waals surface area contributed by atoms with E-state index in [4.69, 9.17) is 0 Å². The quantitative estimate of drug-likeness (QED) is 0.305. The minimum atomic E-state index is -0.251. The number of hydrogen-bond donors (Lipinski definition) is 3. The van der Waals surface area contributed by atoms with E-state index >= 15 is 0 Å². The van der Waals surface area contributed by atoms with E-state index in [1.165, 1.54) is 11.6 Å². The lowest BCUT2D eigenvalue weighted by Gasteiger charge is -2.33.